The molecule has 0 radical (unpaired) electrons. The van der Waals surface area contributed by atoms with Crippen molar-refractivity contribution >= 4 is 11.0 Å². The van der Waals surface area contributed by atoms with E-state index < -0.39 is 0 Å². The molecule has 0 spiro atoms. The van der Waals surface area contributed by atoms with Crippen LogP contribution in [0.2, 0.25) is 0 Å². The van der Waals surface area contributed by atoms with Gasteiger partial charge in [-0.05, 0) is 36.5 Å². The zero-order valence-electron chi connectivity index (χ0n) is 9.39. The highest BCUT2D eigenvalue weighted by Crippen LogP contribution is 2.33. The van der Waals surface area contributed by atoms with E-state index in [1.165, 1.54) is 37.7 Å². The fraction of sp³-hybridized carbons (Fsp3) is 0.429. The van der Waals surface area contributed by atoms with Crippen molar-refractivity contribution in [3.05, 3.63) is 36.2 Å². The maximum absolute atomic E-state index is 4.37. The number of benzene rings is 1. The molecule has 0 unspecified atom stereocenters. The normalized spacial score (nSPS) is 17.8. The fourth-order valence-electron chi connectivity index (χ4n) is 2.67. The lowest BCUT2D eigenvalue weighted by molar-refractivity contribution is 0.444. The molecule has 1 saturated carbocycles. The van der Waals surface area contributed by atoms with Crippen molar-refractivity contribution in [1.82, 2.24) is 9.97 Å². The van der Waals surface area contributed by atoms with Gasteiger partial charge in [0.2, 0.25) is 0 Å². The third-order valence-electron chi connectivity index (χ3n) is 3.57. The van der Waals surface area contributed by atoms with Gasteiger partial charge in [-0.25, -0.2) is 0 Å². The molecule has 2 nitrogen and oxygen atoms in total. The molecule has 82 valence electrons. The van der Waals surface area contributed by atoms with Crippen LogP contribution in [-0.4, -0.2) is 9.97 Å². The molecule has 16 heavy (non-hydrogen) atoms. The highest BCUT2D eigenvalue weighted by Gasteiger charge is 2.15. The fourth-order valence-corrected chi connectivity index (χ4v) is 2.67. The summed E-state index contributed by atoms with van der Waals surface area (Å²) in [7, 11) is 0. The summed E-state index contributed by atoms with van der Waals surface area (Å²) < 4.78 is 0. The summed E-state index contributed by atoms with van der Waals surface area (Å²) in [6, 6.07) is 6.55. The summed E-state index contributed by atoms with van der Waals surface area (Å²) in [6.07, 6.45) is 10.4. The molecule has 1 aliphatic carbocycles. The highest BCUT2D eigenvalue weighted by molar-refractivity contribution is 5.74. The van der Waals surface area contributed by atoms with Crippen LogP contribution in [0.15, 0.2) is 30.6 Å². The molecule has 3 rings (SSSR count). The second-order valence-corrected chi connectivity index (χ2v) is 4.64. The Bertz CT molecular complexity index is 487. The Morgan fingerprint density at radius 2 is 1.62 bits per heavy atom. The third-order valence-corrected chi connectivity index (χ3v) is 3.57. The molecule has 0 aliphatic heterocycles. The van der Waals surface area contributed by atoms with Crippen molar-refractivity contribution < 1.29 is 0 Å². The van der Waals surface area contributed by atoms with Gasteiger partial charge < -0.3 is 0 Å². The van der Waals surface area contributed by atoms with Gasteiger partial charge in [-0.2, -0.15) is 0 Å². The summed E-state index contributed by atoms with van der Waals surface area (Å²) in [4.78, 5) is 8.68. The topological polar surface area (TPSA) is 25.8 Å². The molecule has 1 fully saturated rings. The Balaban J connectivity index is 1.97. The van der Waals surface area contributed by atoms with Gasteiger partial charge in [-0.3, -0.25) is 9.97 Å². The number of nitrogens with zero attached hydrogens (tertiary/aromatic N) is 2. The molecular weight excluding hydrogens is 196 g/mol. The van der Waals surface area contributed by atoms with Gasteiger partial charge in [-0.15, -0.1) is 0 Å². The van der Waals surface area contributed by atoms with E-state index in [0.717, 1.165) is 17.0 Å². The summed E-state index contributed by atoms with van der Waals surface area (Å²) in [5.74, 6) is 0.750. The minimum Gasteiger partial charge on any atom is -0.253 e. The van der Waals surface area contributed by atoms with Crippen LogP contribution >= 0.6 is 0 Å². The summed E-state index contributed by atoms with van der Waals surface area (Å²) in [5.41, 5.74) is 3.49. The molecule has 1 heterocycles. The van der Waals surface area contributed by atoms with E-state index in [4.69, 9.17) is 0 Å². The van der Waals surface area contributed by atoms with E-state index in [0.29, 0.717) is 0 Å². The standard InChI is InChI=1S/C14H16N2/c1-2-4-11(5-3-1)12-6-7-13-14(10-12)16-9-8-15-13/h6-11H,1-5H2. The quantitative estimate of drug-likeness (QED) is 0.720. The van der Waals surface area contributed by atoms with Gasteiger partial charge in [0.05, 0.1) is 11.0 Å². The Morgan fingerprint density at radius 1 is 0.875 bits per heavy atom. The zero-order chi connectivity index (χ0) is 10.8. The average molecular weight is 212 g/mol. The largest absolute Gasteiger partial charge is 0.253 e. The minimum absolute atomic E-state index is 0.750. The Hall–Kier alpha value is -1.44. The van der Waals surface area contributed by atoms with Crippen LogP contribution in [0.4, 0.5) is 0 Å². The first-order valence-corrected chi connectivity index (χ1v) is 6.14. The molecule has 1 aromatic carbocycles. The second kappa shape index (κ2) is 4.20. The van der Waals surface area contributed by atoms with Crippen molar-refractivity contribution in [3.63, 3.8) is 0 Å². The van der Waals surface area contributed by atoms with Crippen LogP contribution in [0, 0.1) is 0 Å². The van der Waals surface area contributed by atoms with Crippen molar-refractivity contribution in [2.75, 3.05) is 0 Å². The Labute approximate surface area is 95.7 Å². The van der Waals surface area contributed by atoms with Gasteiger partial charge in [0.15, 0.2) is 0 Å². The van der Waals surface area contributed by atoms with Crippen LogP contribution in [0.5, 0.6) is 0 Å². The molecule has 2 aromatic rings. The predicted molar refractivity (Wildman–Crippen MR) is 65.4 cm³/mol. The van der Waals surface area contributed by atoms with Gasteiger partial charge in [0.25, 0.3) is 0 Å². The van der Waals surface area contributed by atoms with E-state index in [9.17, 15) is 0 Å². The number of fused-ring (bicyclic) bond motifs is 1. The van der Waals surface area contributed by atoms with Gasteiger partial charge in [-0.1, -0.05) is 25.3 Å². The highest BCUT2D eigenvalue weighted by atomic mass is 14.8. The first-order valence-electron chi connectivity index (χ1n) is 6.14. The Morgan fingerprint density at radius 3 is 2.44 bits per heavy atom. The van der Waals surface area contributed by atoms with E-state index in [1.54, 1.807) is 12.4 Å². The van der Waals surface area contributed by atoms with Gasteiger partial charge >= 0.3 is 0 Å². The van der Waals surface area contributed by atoms with Crippen molar-refractivity contribution in [1.29, 1.82) is 0 Å². The summed E-state index contributed by atoms with van der Waals surface area (Å²) in [6.45, 7) is 0. The lowest BCUT2D eigenvalue weighted by atomic mass is 9.84. The lowest BCUT2D eigenvalue weighted by Gasteiger charge is -2.21. The number of hydrogen-bond acceptors (Lipinski definition) is 2. The number of hydrogen-bond donors (Lipinski definition) is 0. The van der Waals surface area contributed by atoms with Crippen molar-refractivity contribution in [2.24, 2.45) is 0 Å². The second-order valence-electron chi connectivity index (χ2n) is 4.64. The molecule has 0 bridgehead atoms. The van der Waals surface area contributed by atoms with E-state index in [2.05, 4.69) is 28.2 Å². The van der Waals surface area contributed by atoms with Crippen LogP contribution in [-0.2, 0) is 0 Å². The predicted octanol–water partition coefficient (Wildman–Crippen LogP) is 3.68. The molecule has 0 N–H and O–H groups in total. The van der Waals surface area contributed by atoms with Crippen LogP contribution < -0.4 is 0 Å². The smallest absolute Gasteiger partial charge is 0.0889 e. The maximum Gasteiger partial charge on any atom is 0.0889 e. The molecule has 1 aromatic heterocycles. The molecule has 1 aliphatic rings. The number of rotatable bonds is 1. The lowest BCUT2D eigenvalue weighted by Crippen LogP contribution is -2.04. The summed E-state index contributed by atoms with van der Waals surface area (Å²) in [5, 5.41) is 0. The molecule has 2 heteroatoms. The molecule has 0 amide bonds. The SMILES string of the molecule is c1cnc2cc(C3CCCCC3)ccc2n1. The first-order chi connectivity index (χ1) is 7.93. The Kier molecular flexibility index (Phi) is 2.56. The molecule has 0 atom stereocenters. The molecular formula is C14H16N2. The van der Waals surface area contributed by atoms with Crippen molar-refractivity contribution in [3.8, 4) is 0 Å². The molecule has 0 saturated heterocycles. The van der Waals surface area contributed by atoms with Crippen LogP contribution in [0.1, 0.15) is 43.6 Å². The van der Waals surface area contributed by atoms with Gasteiger partial charge in [0.1, 0.15) is 0 Å². The average Bonchev–Trinajstić information content (AvgIpc) is 2.39. The minimum atomic E-state index is 0.750. The van der Waals surface area contributed by atoms with Crippen LogP contribution in [0.3, 0.4) is 0 Å². The third kappa shape index (κ3) is 1.80. The van der Waals surface area contributed by atoms with E-state index >= 15 is 0 Å². The van der Waals surface area contributed by atoms with Crippen molar-refractivity contribution in [2.45, 2.75) is 38.0 Å². The summed E-state index contributed by atoms with van der Waals surface area (Å²) >= 11 is 0. The zero-order valence-corrected chi connectivity index (χ0v) is 9.39. The van der Waals surface area contributed by atoms with Crippen LogP contribution in [0.25, 0.3) is 11.0 Å². The van der Waals surface area contributed by atoms with E-state index in [-0.39, 0.29) is 0 Å². The maximum atomic E-state index is 4.37. The first kappa shape index (κ1) is 9.76. The monoisotopic (exact) mass is 212 g/mol. The van der Waals surface area contributed by atoms with Gasteiger partial charge in [0, 0.05) is 12.4 Å². The van der Waals surface area contributed by atoms with E-state index in [1.807, 2.05) is 0 Å². The number of aromatic nitrogens is 2.